The number of hydrogen-bond donors (Lipinski definition) is 0. The van der Waals surface area contributed by atoms with Crippen molar-refractivity contribution in [3.8, 4) is 12.3 Å². The Morgan fingerprint density at radius 1 is 1.18 bits per heavy atom. The van der Waals surface area contributed by atoms with Crippen LogP contribution in [0.1, 0.15) is 37.8 Å². The third-order valence-corrected chi connectivity index (χ3v) is 3.23. The van der Waals surface area contributed by atoms with Crippen LogP contribution in [0.5, 0.6) is 0 Å². The second-order valence-corrected chi connectivity index (χ2v) is 5.18. The summed E-state index contributed by atoms with van der Waals surface area (Å²) in [4.78, 5) is 0. The molecule has 0 atom stereocenters. The number of allylic oxidation sites excluding steroid dienone is 7. The molecule has 1 rings (SSSR count). The summed E-state index contributed by atoms with van der Waals surface area (Å²) in [5.74, 6) is 3.89. The van der Waals surface area contributed by atoms with E-state index in [-0.39, 0.29) is 0 Å². The largest absolute Gasteiger partial charge is 0.496 e. The number of ether oxygens (including phenoxy) is 1. The molecule has 0 spiro atoms. The Morgan fingerprint density at radius 2 is 1.86 bits per heavy atom. The van der Waals surface area contributed by atoms with Gasteiger partial charge in [0, 0.05) is 5.56 Å². The summed E-state index contributed by atoms with van der Waals surface area (Å²) in [7, 11) is 1.68. The van der Waals surface area contributed by atoms with Crippen molar-refractivity contribution in [2.75, 3.05) is 7.11 Å². The molecule has 114 valence electrons. The van der Waals surface area contributed by atoms with E-state index in [4.69, 9.17) is 11.2 Å². The third kappa shape index (κ3) is 5.50. The highest BCUT2D eigenvalue weighted by atomic mass is 16.5. The third-order valence-electron chi connectivity index (χ3n) is 3.23. The smallest absolute Gasteiger partial charge is 0.126 e. The van der Waals surface area contributed by atoms with Gasteiger partial charge in [-0.3, -0.25) is 0 Å². The van der Waals surface area contributed by atoms with Crippen LogP contribution in [0.25, 0.3) is 5.76 Å². The summed E-state index contributed by atoms with van der Waals surface area (Å²) < 4.78 is 5.47. The van der Waals surface area contributed by atoms with Crippen molar-refractivity contribution in [3.05, 3.63) is 77.4 Å². The Hall–Kier alpha value is -2.46. The predicted octanol–water partition coefficient (Wildman–Crippen LogP) is 5.49. The first-order valence-electron chi connectivity index (χ1n) is 7.44. The van der Waals surface area contributed by atoms with Crippen molar-refractivity contribution >= 4 is 5.76 Å². The van der Waals surface area contributed by atoms with Crippen molar-refractivity contribution in [1.82, 2.24) is 0 Å². The van der Waals surface area contributed by atoms with Crippen LogP contribution in [0.3, 0.4) is 0 Å². The van der Waals surface area contributed by atoms with Crippen LogP contribution in [0.2, 0.25) is 0 Å². The van der Waals surface area contributed by atoms with Crippen molar-refractivity contribution in [2.24, 2.45) is 0 Å². The highest BCUT2D eigenvalue weighted by Gasteiger charge is 2.02. The lowest BCUT2D eigenvalue weighted by Gasteiger charge is -2.09. The Bertz CT molecular complexity index is 617. The normalized spacial score (nSPS) is 13.1. The molecule has 1 aromatic rings. The molecule has 1 nitrogen and oxygen atoms in total. The first-order chi connectivity index (χ1) is 10.6. The predicted molar refractivity (Wildman–Crippen MR) is 96.4 cm³/mol. The van der Waals surface area contributed by atoms with Gasteiger partial charge in [0.1, 0.15) is 5.76 Å². The van der Waals surface area contributed by atoms with Gasteiger partial charge in [0.15, 0.2) is 0 Å². The zero-order valence-electron chi connectivity index (χ0n) is 13.8. The van der Waals surface area contributed by atoms with Gasteiger partial charge in [-0.05, 0) is 36.1 Å². The molecule has 0 aliphatic heterocycles. The Kier molecular flexibility index (Phi) is 7.57. The lowest BCUT2D eigenvalue weighted by Crippen LogP contribution is -1.90. The number of rotatable bonds is 6. The minimum atomic E-state index is 0.529. The average Bonchev–Trinajstić information content (AvgIpc) is 2.52. The number of terminal acetylenes is 1. The molecule has 0 unspecified atom stereocenters. The number of methoxy groups -OCH3 is 1. The minimum absolute atomic E-state index is 0.529. The maximum absolute atomic E-state index is 5.47. The molecule has 0 aliphatic carbocycles. The fraction of sp³-hybridized carbons (Fsp3) is 0.238. The van der Waals surface area contributed by atoms with Crippen LogP contribution in [0, 0.1) is 12.3 Å². The van der Waals surface area contributed by atoms with E-state index < -0.39 is 0 Å². The van der Waals surface area contributed by atoms with Crippen LogP contribution in [0.15, 0.2) is 66.3 Å². The zero-order valence-corrected chi connectivity index (χ0v) is 13.8. The van der Waals surface area contributed by atoms with Crippen LogP contribution in [-0.4, -0.2) is 7.11 Å². The minimum Gasteiger partial charge on any atom is -0.496 e. The van der Waals surface area contributed by atoms with Crippen molar-refractivity contribution in [1.29, 1.82) is 0 Å². The van der Waals surface area contributed by atoms with Gasteiger partial charge in [-0.2, -0.15) is 0 Å². The lowest BCUT2D eigenvalue weighted by molar-refractivity contribution is 0.370. The van der Waals surface area contributed by atoms with E-state index >= 15 is 0 Å². The number of benzene rings is 1. The van der Waals surface area contributed by atoms with E-state index in [2.05, 4.69) is 44.0 Å². The van der Waals surface area contributed by atoms with Crippen LogP contribution in [0.4, 0.5) is 0 Å². The second-order valence-electron chi connectivity index (χ2n) is 5.18. The van der Waals surface area contributed by atoms with Gasteiger partial charge in [0.25, 0.3) is 0 Å². The Labute approximate surface area is 134 Å². The molecule has 0 bridgehead atoms. The summed E-state index contributed by atoms with van der Waals surface area (Å²) in [5, 5.41) is 0. The topological polar surface area (TPSA) is 9.23 Å². The molecular formula is C21H24O. The molecule has 0 aromatic heterocycles. The summed E-state index contributed by atoms with van der Waals surface area (Å²) in [6, 6.07) is 8.45. The van der Waals surface area contributed by atoms with Crippen molar-refractivity contribution in [2.45, 2.75) is 26.7 Å². The quantitative estimate of drug-likeness (QED) is 0.383. The molecule has 0 amide bonds. The van der Waals surface area contributed by atoms with Gasteiger partial charge < -0.3 is 4.74 Å². The fourth-order valence-corrected chi connectivity index (χ4v) is 2.00. The Morgan fingerprint density at radius 3 is 2.36 bits per heavy atom. The summed E-state index contributed by atoms with van der Waals surface area (Å²) >= 11 is 0. The summed E-state index contributed by atoms with van der Waals surface area (Å²) in [6.07, 6.45) is 16.8. The molecule has 0 radical (unpaired) electrons. The van der Waals surface area contributed by atoms with Gasteiger partial charge >= 0.3 is 0 Å². The molecule has 0 saturated heterocycles. The summed E-state index contributed by atoms with van der Waals surface area (Å²) in [6.45, 7) is 6.34. The molecule has 1 heteroatoms. The van der Waals surface area contributed by atoms with Gasteiger partial charge in [0.2, 0.25) is 0 Å². The molecule has 22 heavy (non-hydrogen) atoms. The second kappa shape index (κ2) is 9.47. The zero-order chi connectivity index (χ0) is 16.4. The van der Waals surface area contributed by atoms with Gasteiger partial charge in [-0.15, -0.1) is 6.42 Å². The fourth-order valence-electron chi connectivity index (χ4n) is 2.00. The van der Waals surface area contributed by atoms with Crippen LogP contribution < -0.4 is 0 Å². The van der Waals surface area contributed by atoms with E-state index in [1.807, 2.05) is 37.3 Å². The molecule has 0 saturated carbocycles. The first kappa shape index (κ1) is 17.6. The van der Waals surface area contributed by atoms with Gasteiger partial charge in [-0.1, -0.05) is 68.3 Å². The molecule has 0 fully saturated rings. The van der Waals surface area contributed by atoms with E-state index in [0.29, 0.717) is 5.92 Å². The van der Waals surface area contributed by atoms with Crippen LogP contribution >= 0.6 is 0 Å². The standard InChI is InChI=1S/C21H24O/c1-6-9-18(10-7-2)11-8-12-21(22-5)20-15-13-19(14-16-20)17(3)4/h1,7-17H,2-5H3/b10-7-,11-8+,18-9+,21-12-. The average molecular weight is 292 g/mol. The summed E-state index contributed by atoms with van der Waals surface area (Å²) in [5.41, 5.74) is 3.36. The highest BCUT2D eigenvalue weighted by molar-refractivity contribution is 5.62. The monoisotopic (exact) mass is 292 g/mol. The van der Waals surface area contributed by atoms with Gasteiger partial charge in [-0.25, -0.2) is 0 Å². The maximum Gasteiger partial charge on any atom is 0.126 e. The van der Waals surface area contributed by atoms with Crippen LogP contribution in [-0.2, 0) is 4.74 Å². The Balaban J connectivity index is 2.95. The molecular weight excluding hydrogens is 268 g/mol. The molecule has 1 aromatic carbocycles. The van der Waals surface area contributed by atoms with E-state index in [0.717, 1.165) is 16.9 Å². The van der Waals surface area contributed by atoms with Crippen molar-refractivity contribution in [3.63, 3.8) is 0 Å². The lowest BCUT2D eigenvalue weighted by atomic mass is 10.0. The highest BCUT2D eigenvalue weighted by Crippen LogP contribution is 2.20. The van der Waals surface area contributed by atoms with E-state index in [9.17, 15) is 0 Å². The first-order valence-corrected chi connectivity index (χ1v) is 7.44. The van der Waals surface area contributed by atoms with E-state index in [1.54, 1.807) is 13.2 Å². The maximum atomic E-state index is 5.47. The van der Waals surface area contributed by atoms with E-state index in [1.165, 1.54) is 5.56 Å². The molecule has 0 aliphatic rings. The SMILES string of the molecule is C#C/C=C(\C=C/C)/C=C/C=C(\OC)c1ccc(C(C)C)cc1. The van der Waals surface area contributed by atoms with Gasteiger partial charge in [0.05, 0.1) is 7.11 Å². The molecule has 0 heterocycles. The van der Waals surface area contributed by atoms with Crippen molar-refractivity contribution < 1.29 is 4.74 Å². The number of hydrogen-bond acceptors (Lipinski definition) is 1. The molecule has 0 N–H and O–H groups in total.